The molecule has 0 amide bonds. The SMILES string of the molecule is COc1cc(C[C@@H]2c3cc(CO)c(CO)cc3CC[N@@+]2(C)CCCOC(=O)C(Cl)=CC(=O)OCCC[N+]2(Cc3cc(OC)c(OC)c(OC)c3)CCCCC2)cc(OC)c1OC. The van der Waals surface area contributed by atoms with Gasteiger partial charge in [-0.15, -0.1) is 0 Å². The minimum atomic E-state index is -0.795. The first-order chi connectivity index (χ1) is 29.9. The van der Waals surface area contributed by atoms with E-state index in [1.165, 1.54) is 6.42 Å². The van der Waals surface area contributed by atoms with Crippen molar-refractivity contribution < 1.29 is 66.7 Å². The average Bonchev–Trinajstić information content (AvgIpc) is 3.29. The number of carbonyl (C=O) groups is 2. The predicted molar refractivity (Wildman–Crippen MR) is 234 cm³/mol. The second kappa shape index (κ2) is 22.6. The van der Waals surface area contributed by atoms with Crippen LogP contribution in [0.25, 0.3) is 0 Å². The highest BCUT2D eigenvalue weighted by Crippen LogP contribution is 2.44. The molecule has 2 N–H and O–H groups in total. The lowest BCUT2D eigenvalue weighted by Gasteiger charge is -2.46. The summed E-state index contributed by atoms with van der Waals surface area (Å²) in [6.07, 6.45) is 6.93. The zero-order chi connectivity index (χ0) is 44.9. The van der Waals surface area contributed by atoms with Gasteiger partial charge >= 0.3 is 11.9 Å². The van der Waals surface area contributed by atoms with Crippen molar-refractivity contribution in [2.24, 2.45) is 0 Å². The Labute approximate surface area is 370 Å². The minimum absolute atomic E-state index is 0.0603. The molecule has 0 saturated carbocycles. The molecule has 62 heavy (non-hydrogen) atoms. The highest BCUT2D eigenvalue weighted by Gasteiger charge is 2.40. The van der Waals surface area contributed by atoms with Crippen molar-refractivity contribution in [1.29, 1.82) is 0 Å². The predicted octanol–water partition coefficient (Wildman–Crippen LogP) is 6.20. The van der Waals surface area contributed by atoms with E-state index in [9.17, 15) is 19.8 Å². The van der Waals surface area contributed by atoms with Gasteiger partial charge in [0.2, 0.25) is 11.5 Å². The topological polar surface area (TPSA) is 148 Å². The van der Waals surface area contributed by atoms with Crippen molar-refractivity contribution in [3.8, 4) is 34.5 Å². The van der Waals surface area contributed by atoms with Crippen molar-refractivity contribution in [3.63, 3.8) is 0 Å². The van der Waals surface area contributed by atoms with Gasteiger partial charge in [0.1, 0.15) is 17.6 Å². The fourth-order valence-electron chi connectivity index (χ4n) is 9.22. The monoisotopic (exact) mass is 884 g/mol. The summed E-state index contributed by atoms with van der Waals surface area (Å²) < 4.78 is 46.1. The fourth-order valence-corrected chi connectivity index (χ4v) is 9.36. The van der Waals surface area contributed by atoms with Gasteiger partial charge in [0.25, 0.3) is 0 Å². The Morgan fingerprint density at radius 2 is 1.23 bits per heavy atom. The third-order valence-electron chi connectivity index (χ3n) is 12.5. The molecule has 1 saturated heterocycles. The summed E-state index contributed by atoms with van der Waals surface area (Å²) in [5, 5.41) is 19.9. The van der Waals surface area contributed by atoms with Crippen molar-refractivity contribution >= 4 is 23.5 Å². The molecular weight excluding hydrogens is 820 g/mol. The highest BCUT2D eigenvalue weighted by atomic mass is 35.5. The molecule has 14 nitrogen and oxygen atoms in total. The zero-order valence-electron chi connectivity index (χ0n) is 37.4. The van der Waals surface area contributed by atoms with Crippen LogP contribution in [0.15, 0.2) is 47.5 Å². The summed E-state index contributed by atoms with van der Waals surface area (Å²) in [7, 11) is 11.7. The number of fused-ring (bicyclic) bond motifs is 1. The molecule has 0 bridgehead atoms. The molecular formula is C47H65ClN2O12+2. The summed E-state index contributed by atoms with van der Waals surface area (Å²) in [5.74, 6) is 1.90. The average molecular weight is 885 g/mol. The standard InChI is InChI=1S/C47H65ClN2O12/c1-49(18-13-34-26-35(30-51)36(31-52)27-37(34)39(49)21-32-22-40(55-2)45(59-6)41(23-32)56-3)14-11-20-62-47(54)38(48)28-44(53)61-19-12-17-50(15-9-8-10-16-50)29-33-24-42(57-4)46(60-7)43(25-33)58-5/h22-28,39,51-52H,8-21,29-31H2,1-7H3/q+2/t39-,49-/m1/s1. The Morgan fingerprint density at radius 1 is 0.694 bits per heavy atom. The van der Waals surface area contributed by atoms with Gasteiger partial charge in [-0.2, -0.15) is 0 Å². The molecule has 15 heteroatoms. The molecule has 0 radical (unpaired) electrons. The summed E-state index contributed by atoms with van der Waals surface area (Å²) in [6.45, 7) is 4.96. The number of piperidine rings is 1. The van der Waals surface area contributed by atoms with Gasteiger partial charge in [0, 0.05) is 42.9 Å². The second-order valence-electron chi connectivity index (χ2n) is 16.3. The number of methoxy groups -OCH3 is 6. The van der Waals surface area contributed by atoms with Crippen LogP contribution in [0.1, 0.15) is 71.5 Å². The Bertz CT molecular complexity index is 1980. The number of halogens is 1. The Kier molecular flexibility index (Phi) is 17.6. The van der Waals surface area contributed by atoms with Crippen molar-refractivity contribution in [2.45, 2.75) is 70.7 Å². The molecule has 5 rings (SSSR count). The number of hydrogen-bond acceptors (Lipinski definition) is 12. The minimum Gasteiger partial charge on any atom is -0.493 e. The molecule has 2 atom stereocenters. The summed E-state index contributed by atoms with van der Waals surface area (Å²) >= 11 is 6.27. The largest absolute Gasteiger partial charge is 0.493 e. The molecule has 340 valence electrons. The number of aliphatic hydroxyl groups excluding tert-OH is 2. The van der Waals surface area contributed by atoms with E-state index in [1.54, 1.807) is 42.7 Å². The van der Waals surface area contributed by atoms with Gasteiger partial charge in [0.05, 0.1) is 109 Å². The maximum atomic E-state index is 12.9. The molecule has 3 aromatic rings. The lowest BCUT2D eigenvalue weighted by atomic mass is 9.84. The van der Waals surface area contributed by atoms with Crippen LogP contribution in [0.5, 0.6) is 34.5 Å². The molecule has 0 spiro atoms. The first-order valence-electron chi connectivity index (χ1n) is 21.2. The van der Waals surface area contributed by atoms with Gasteiger partial charge in [-0.25, -0.2) is 9.59 Å². The quantitative estimate of drug-likeness (QED) is 0.0513. The Morgan fingerprint density at radius 3 is 1.77 bits per heavy atom. The van der Waals surface area contributed by atoms with E-state index >= 15 is 0 Å². The van der Waals surface area contributed by atoms with Gasteiger partial charge in [-0.3, -0.25) is 0 Å². The number of likely N-dealkylation sites (N-methyl/N-ethyl adjacent to an activating group) is 1. The number of esters is 2. The van der Waals surface area contributed by atoms with Crippen LogP contribution in [-0.2, 0) is 51.7 Å². The number of ether oxygens (including phenoxy) is 8. The number of hydrogen-bond donors (Lipinski definition) is 2. The van der Waals surface area contributed by atoms with E-state index in [-0.39, 0.29) is 37.5 Å². The first kappa shape index (κ1) is 48.3. The normalized spacial score (nSPS) is 18.3. The fraction of sp³-hybridized carbons (Fsp3) is 0.532. The van der Waals surface area contributed by atoms with Crippen LogP contribution in [0, 0.1) is 0 Å². The van der Waals surface area contributed by atoms with Crippen LogP contribution < -0.4 is 28.4 Å². The number of carbonyl (C=O) groups excluding carboxylic acids is 2. The highest BCUT2D eigenvalue weighted by molar-refractivity contribution is 6.42. The molecule has 3 aromatic carbocycles. The van der Waals surface area contributed by atoms with E-state index in [0.717, 1.165) is 84.8 Å². The van der Waals surface area contributed by atoms with Gasteiger partial charge in [-0.05, 0) is 71.8 Å². The van der Waals surface area contributed by atoms with Gasteiger partial charge in [0.15, 0.2) is 23.0 Å². The molecule has 2 heterocycles. The van der Waals surface area contributed by atoms with Crippen molar-refractivity contribution in [2.75, 3.05) is 95.6 Å². The number of likely N-dealkylation sites (tertiary alicyclic amines) is 1. The molecule has 2 aliphatic heterocycles. The van der Waals surface area contributed by atoms with E-state index in [2.05, 4.69) is 7.05 Å². The van der Waals surface area contributed by atoms with E-state index in [0.29, 0.717) is 75.9 Å². The summed E-state index contributed by atoms with van der Waals surface area (Å²) in [5.41, 5.74) is 5.65. The smallest absolute Gasteiger partial charge is 0.350 e. The zero-order valence-corrected chi connectivity index (χ0v) is 38.1. The lowest BCUT2D eigenvalue weighted by Crippen LogP contribution is -2.52. The van der Waals surface area contributed by atoms with Gasteiger partial charge in [-0.1, -0.05) is 17.7 Å². The Balaban J connectivity index is 1.18. The molecule has 0 aliphatic carbocycles. The number of quaternary nitrogens is 2. The second-order valence-corrected chi connectivity index (χ2v) is 16.7. The maximum absolute atomic E-state index is 12.9. The van der Waals surface area contributed by atoms with Crippen molar-refractivity contribution in [1.82, 2.24) is 0 Å². The van der Waals surface area contributed by atoms with E-state index in [1.807, 2.05) is 36.4 Å². The molecule has 2 aliphatic rings. The lowest BCUT2D eigenvalue weighted by molar-refractivity contribution is -0.945. The Hall–Kier alpha value is -4.73. The van der Waals surface area contributed by atoms with Crippen LogP contribution in [0.2, 0.25) is 0 Å². The first-order valence-corrected chi connectivity index (χ1v) is 21.6. The van der Waals surface area contributed by atoms with E-state index in [4.69, 9.17) is 49.5 Å². The number of nitrogens with zero attached hydrogens (tertiary/aromatic N) is 2. The van der Waals surface area contributed by atoms with Gasteiger partial charge < -0.3 is 57.1 Å². The molecule has 1 fully saturated rings. The molecule has 0 unspecified atom stereocenters. The number of aliphatic hydroxyl groups is 2. The van der Waals surface area contributed by atoms with Crippen LogP contribution >= 0.6 is 11.6 Å². The third kappa shape index (κ3) is 11.6. The third-order valence-corrected chi connectivity index (χ3v) is 12.7. The summed E-state index contributed by atoms with van der Waals surface area (Å²) in [4.78, 5) is 25.7. The summed E-state index contributed by atoms with van der Waals surface area (Å²) in [6, 6.07) is 11.8. The van der Waals surface area contributed by atoms with Crippen LogP contribution in [0.3, 0.4) is 0 Å². The molecule has 0 aromatic heterocycles. The maximum Gasteiger partial charge on any atom is 0.350 e. The van der Waals surface area contributed by atoms with Crippen molar-refractivity contribution in [3.05, 3.63) is 80.9 Å². The van der Waals surface area contributed by atoms with Crippen LogP contribution in [-0.4, -0.2) is 127 Å². The van der Waals surface area contributed by atoms with E-state index < -0.39 is 11.9 Å². The number of rotatable bonds is 22. The number of benzene rings is 3. The van der Waals surface area contributed by atoms with Crippen LogP contribution in [0.4, 0.5) is 0 Å².